The highest BCUT2D eigenvalue weighted by Gasteiger charge is 2.18. The lowest BCUT2D eigenvalue weighted by molar-refractivity contribution is 0.0940. The van der Waals surface area contributed by atoms with Gasteiger partial charge in [0.2, 0.25) is 5.91 Å². The fourth-order valence-electron chi connectivity index (χ4n) is 3.97. The van der Waals surface area contributed by atoms with Crippen molar-refractivity contribution >= 4 is 34.2 Å². The summed E-state index contributed by atoms with van der Waals surface area (Å²) in [5.41, 5.74) is 5.00. The molecule has 0 radical (unpaired) electrons. The number of Topliss-reactive ketones (excluding diaryl/α,β-unsaturated/α-hetero) is 1. The monoisotopic (exact) mass is 442 g/mol. The molecule has 0 aliphatic heterocycles. The van der Waals surface area contributed by atoms with Crippen molar-refractivity contribution < 1.29 is 14.4 Å². The molecule has 7 heteroatoms. The van der Waals surface area contributed by atoms with Crippen molar-refractivity contribution in [2.24, 2.45) is 0 Å². The Morgan fingerprint density at radius 2 is 1.73 bits per heavy atom. The second kappa shape index (κ2) is 8.86. The Balaban J connectivity index is 1.58. The first-order valence-corrected chi connectivity index (χ1v) is 10.9. The summed E-state index contributed by atoms with van der Waals surface area (Å²) in [6, 6.07) is 12.9. The van der Waals surface area contributed by atoms with Crippen LogP contribution in [0.25, 0.3) is 16.6 Å². The number of aryl methyl sites for hydroxylation is 1. The highest BCUT2D eigenvalue weighted by atomic mass is 16.2. The Hall–Kier alpha value is -4.00. The number of carbonyl (C=O) groups is 3. The Morgan fingerprint density at radius 1 is 1.00 bits per heavy atom. The van der Waals surface area contributed by atoms with Crippen molar-refractivity contribution in [2.45, 2.75) is 40.5 Å². The van der Waals surface area contributed by atoms with Crippen LogP contribution in [0.3, 0.4) is 0 Å². The molecule has 1 N–H and O–H groups in total. The summed E-state index contributed by atoms with van der Waals surface area (Å²) in [5, 5.41) is 7.99. The van der Waals surface area contributed by atoms with Crippen LogP contribution in [0.15, 0.2) is 54.9 Å². The molecule has 1 amide bonds. The summed E-state index contributed by atoms with van der Waals surface area (Å²) in [7, 11) is 0. The molecule has 2 aromatic heterocycles. The number of benzene rings is 2. The van der Waals surface area contributed by atoms with Crippen LogP contribution < -0.4 is 5.32 Å². The van der Waals surface area contributed by atoms with Crippen LogP contribution >= 0.6 is 0 Å². The van der Waals surface area contributed by atoms with Gasteiger partial charge in [0.1, 0.15) is 0 Å². The van der Waals surface area contributed by atoms with Gasteiger partial charge in [0.25, 0.3) is 5.91 Å². The molecule has 0 atom stereocenters. The first kappa shape index (κ1) is 22.2. The van der Waals surface area contributed by atoms with Crippen LogP contribution in [0.1, 0.15) is 63.5 Å². The molecule has 7 nitrogen and oxygen atoms in total. The van der Waals surface area contributed by atoms with Gasteiger partial charge in [0.05, 0.1) is 34.2 Å². The standard InChI is InChI=1S/C26H26N4O3/c1-5-6-25(32)22-14-27-30(17(22)3)20-10-8-19(9-11-20)28-26(33)23-15-29(18(4)31)24-13-16(2)7-12-21(23)24/h7-15H,5-6H2,1-4H3,(H,28,33). The Morgan fingerprint density at radius 3 is 2.39 bits per heavy atom. The number of hydrogen-bond donors (Lipinski definition) is 1. The Kier molecular flexibility index (Phi) is 5.96. The molecule has 0 bridgehead atoms. The second-order valence-corrected chi connectivity index (χ2v) is 8.18. The maximum atomic E-state index is 13.0. The predicted octanol–water partition coefficient (Wildman–Crippen LogP) is 5.34. The molecule has 0 unspecified atom stereocenters. The van der Waals surface area contributed by atoms with Crippen molar-refractivity contribution in [3.8, 4) is 5.69 Å². The van der Waals surface area contributed by atoms with Crippen molar-refractivity contribution in [3.05, 3.63) is 77.2 Å². The average Bonchev–Trinajstić information content (AvgIpc) is 3.35. The lowest BCUT2D eigenvalue weighted by Crippen LogP contribution is -2.12. The maximum Gasteiger partial charge on any atom is 0.257 e. The largest absolute Gasteiger partial charge is 0.322 e. The van der Waals surface area contributed by atoms with Crippen LogP contribution in [0.2, 0.25) is 0 Å². The molecule has 0 aliphatic rings. The highest BCUT2D eigenvalue weighted by Crippen LogP contribution is 2.24. The molecular formula is C26H26N4O3. The molecule has 33 heavy (non-hydrogen) atoms. The van der Waals surface area contributed by atoms with Crippen LogP contribution in [0.4, 0.5) is 5.69 Å². The normalized spacial score (nSPS) is 11.0. The zero-order valence-electron chi connectivity index (χ0n) is 19.2. The molecule has 0 saturated heterocycles. The number of carbonyl (C=O) groups excluding carboxylic acids is 3. The third-order valence-corrected chi connectivity index (χ3v) is 5.70. The van der Waals surface area contributed by atoms with E-state index >= 15 is 0 Å². The molecule has 2 heterocycles. The van der Waals surface area contributed by atoms with E-state index in [1.54, 1.807) is 29.2 Å². The van der Waals surface area contributed by atoms with E-state index in [2.05, 4.69) is 10.4 Å². The highest BCUT2D eigenvalue weighted by molar-refractivity contribution is 6.14. The van der Waals surface area contributed by atoms with Crippen molar-refractivity contribution in [1.82, 2.24) is 14.3 Å². The molecule has 4 aromatic rings. The summed E-state index contributed by atoms with van der Waals surface area (Å²) in [5.74, 6) is -0.357. The SMILES string of the molecule is CCCC(=O)c1cnn(-c2ccc(NC(=O)c3cn(C(C)=O)c4cc(C)ccc34)cc2)c1C. The van der Waals surface area contributed by atoms with E-state index in [9.17, 15) is 14.4 Å². The van der Waals surface area contributed by atoms with Gasteiger partial charge >= 0.3 is 0 Å². The number of nitrogens with one attached hydrogen (secondary N) is 1. The zero-order chi connectivity index (χ0) is 23.7. The van der Waals surface area contributed by atoms with Gasteiger partial charge < -0.3 is 5.32 Å². The van der Waals surface area contributed by atoms with E-state index in [0.29, 0.717) is 28.8 Å². The summed E-state index contributed by atoms with van der Waals surface area (Å²) in [4.78, 5) is 37.3. The zero-order valence-corrected chi connectivity index (χ0v) is 19.2. The van der Waals surface area contributed by atoms with Crippen LogP contribution in [0.5, 0.6) is 0 Å². The van der Waals surface area contributed by atoms with Crippen molar-refractivity contribution in [3.63, 3.8) is 0 Å². The molecule has 0 spiro atoms. The second-order valence-electron chi connectivity index (χ2n) is 8.18. The van der Waals surface area contributed by atoms with E-state index in [1.807, 2.05) is 51.1 Å². The number of anilines is 1. The first-order valence-electron chi connectivity index (χ1n) is 10.9. The fourth-order valence-corrected chi connectivity index (χ4v) is 3.97. The number of amides is 1. The van der Waals surface area contributed by atoms with Crippen molar-refractivity contribution in [1.29, 1.82) is 0 Å². The van der Waals surface area contributed by atoms with Crippen LogP contribution in [0, 0.1) is 13.8 Å². The third kappa shape index (κ3) is 4.22. The predicted molar refractivity (Wildman–Crippen MR) is 128 cm³/mol. The average molecular weight is 443 g/mol. The molecule has 0 saturated carbocycles. The van der Waals surface area contributed by atoms with Crippen molar-refractivity contribution in [2.75, 3.05) is 5.32 Å². The topological polar surface area (TPSA) is 86.0 Å². The van der Waals surface area contributed by atoms with Gasteiger partial charge in [0, 0.05) is 30.6 Å². The van der Waals surface area contributed by atoms with Gasteiger partial charge in [-0.25, -0.2) is 4.68 Å². The minimum atomic E-state index is -0.292. The molecule has 4 rings (SSSR count). The third-order valence-electron chi connectivity index (χ3n) is 5.70. The number of rotatable bonds is 6. The minimum Gasteiger partial charge on any atom is -0.322 e. The molecule has 168 valence electrons. The van der Waals surface area contributed by atoms with E-state index in [-0.39, 0.29) is 17.6 Å². The lowest BCUT2D eigenvalue weighted by atomic mass is 10.1. The van der Waals surface area contributed by atoms with E-state index < -0.39 is 0 Å². The number of fused-ring (bicyclic) bond motifs is 1. The Bertz CT molecular complexity index is 1380. The van der Waals surface area contributed by atoms with Gasteiger partial charge in [-0.15, -0.1) is 0 Å². The molecule has 0 fully saturated rings. The number of ketones is 1. The summed E-state index contributed by atoms with van der Waals surface area (Å²) < 4.78 is 3.22. The van der Waals surface area contributed by atoms with Crippen LogP contribution in [-0.2, 0) is 0 Å². The van der Waals surface area contributed by atoms with E-state index in [1.165, 1.54) is 11.5 Å². The van der Waals surface area contributed by atoms with Gasteiger partial charge in [0.15, 0.2) is 5.78 Å². The summed E-state index contributed by atoms with van der Waals surface area (Å²) in [6.07, 6.45) is 4.48. The first-order chi connectivity index (χ1) is 15.8. The van der Waals surface area contributed by atoms with E-state index in [4.69, 9.17) is 0 Å². The fraction of sp³-hybridized carbons (Fsp3) is 0.231. The molecular weight excluding hydrogens is 416 g/mol. The van der Waals surface area contributed by atoms with Gasteiger partial charge in [-0.3, -0.25) is 19.0 Å². The molecule has 0 aliphatic carbocycles. The number of hydrogen-bond acceptors (Lipinski definition) is 4. The van der Waals surface area contributed by atoms with Gasteiger partial charge in [-0.2, -0.15) is 5.10 Å². The summed E-state index contributed by atoms with van der Waals surface area (Å²) in [6.45, 7) is 7.27. The van der Waals surface area contributed by atoms with Crippen LogP contribution in [-0.4, -0.2) is 31.9 Å². The Labute approximate surface area is 192 Å². The smallest absolute Gasteiger partial charge is 0.257 e. The lowest BCUT2D eigenvalue weighted by Gasteiger charge is -2.08. The van der Waals surface area contributed by atoms with Gasteiger partial charge in [-0.05, 0) is 56.2 Å². The summed E-state index contributed by atoms with van der Waals surface area (Å²) >= 11 is 0. The van der Waals surface area contributed by atoms with E-state index in [0.717, 1.165) is 28.8 Å². The number of aromatic nitrogens is 3. The van der Waals surface area contributed by atoms with Gasteiger partial charge in [-0.1, -0.05) is 19.1 Å². The number of nitrogens with zero attached hydrogens (tertiary/aromatic N) is 3. The maximum absolute atomic E-state index is 13.0. The minimum absolute atomic E-state index is 0.0880. The molecule has 2 aromatic carbocycles. The quantitative estimate of drug-likeness (QED) is 0.409.